The van der Waals surface area contributed by atoms with E-state index < -0.39 is 6.10 Å². The number of Topliss-reactive ketones (excluding diaryl/α,β-unsaturated/α-hetero) is 1. The molecule has 6 heteroatoms. The summed E-state index contributed by atoms with van der Waals surface area (Å²) >= 11 is 0. The van der Waals surface area contributed by atoms with Crippen molar-refractivity contribution in [2.45, 2.75) is 25.4 Å². The van der Waals surface area contributed by atoms with Gasteiger partial charge in [-0.15, -0.1) is 0 Å². The lowest BCUT2D eigenvalue weighted by Crippen LogP contribution is -2.17. The second kappa shape index (κ2) is 7.02. The Labute approximate surface area is 132 Å². The molecule has 0 saturated heterocycles. The molecule has 0 aliphatic carbocycles. The average molecular weight is 318 g/mol. The minimum Gasteiger partial charge on any atom is -0.508 e. The SMILES string of the molecule is O=C(Cc1ccc(O)cc1O)CC(O)Cc1ccc(O)cc1O. The van der Waals surface area contributed by atoms with Gasteiger partial charge in [-0.3, -0.25) is 4.79 Å². The summed E-state index contributed by atoms with van der Waals surface area (Å²) in [4.78, 5) is 12.0. The molecule has 5 N–H and O–H groups in total. The largest absolute Gasteiger partial charge is 0.508 e. The molecule has 0 saturated carbocycles. The van der Waals surface area contributed by atoms with Gasteiger partial charge in [-0.1, -0.05) is 12.1 Å². The van der Waals surface area contributed by atoms with E-state index in [-0.39, 0.29) is 48.0 Å². The number of aliphatic hydroxyl groups is 1. The molecule has 0 radical (unpaired) electrons. The van der Waals surface area contributed by atoms with Crippen LogP contribution in [0.5, 0.6) is 23.0 Å². The standard InChI is InChI=1S/C17H18O6/c18-12-3-1-10(16(22)8-12)5-14(20)7-15(21)6-11-2-4-13(19)9-17(11)23/h1-4,8-9,14,18-20,22-23H,5-7H2. The molecule has 23 heavy (non-hydrogen) atoms. The summed E-state index contributed by atoms with van der Waals surface area (Å²) in [6, 6.07) is 7.99. The van der Waals surface area contributed by atoms with Crippen LogP contribution in [0, 0.1) is 0 Å². The van der Waals surface area contributed by atoms with E-state index in [0.29, 0.717) is 11.1 Å². The molecule has 0 aliphatic rings. The number of carbonyl (C=O) groups is 1. The Morgan fingerprint density at radius 2 is 1.39 bits per heavy atom. The van der Waals surface area contributed by atoms with Gasteiger partial charge in [0.15, 0.2) is 0 Å². The molecule has 0 spiro atoms. The molecule has 0 aliphatic heterocycles. The lowest BCUT2D eigenvalue weighted by atomic mass is 9.99. The second-order valence-corrected chi connectivity index (χ2v) is 5.40. The summed E-state index contributed by atoms with van der Waals surface area (Å²) in [5.41, 5.74) is 0.795. The summed E-state index contributed by atoms with van der Waals surface area (Å²) in [6.45, 7) is 0. The molecule has 0 fully saturated rings. The zero-order chi connectivity index (χ0) is 17.0. The first-order chi connectivity index (χ1) is 10.8. The highest BCUT2D eigenvalue weighted by molar-refractivity contribution is 5.82. The van der Waals surface area contributed by atoms with Crippen molar-refractivity contribution in [2.75, 3.05) is 0 Å². The van der Waals surface area contributed by atoms with Gasteiger partial charge in [0, 0.05) is 37.0 Å². The number of phenols is 4. The Hall–Kier alpha value is -2.73. The molecular weight excluding hydrogens is 300 g/mol. The van der Waals surface area contributed by atoms with Crippen LogP contribution in [0.3, 0.4) is 0 Å². The Kier molecular flexibility index (Phi) is 5.08. The molecule has 0 bridgehead atoms. The third-order valence-corrected chi connectivity index (χ3v) is 3.44. The number of benzene rings is 2. The van der Waals surface area contributed by atoms with Crippen LogP contribution in [0.2, 0.25) is 0 Å². The van der Waals surface area contributed by atoms with Gasteiger partial charge in [0.2, 0.25) is 0 Å². The highest BCUT2D eigenvalue weighted by Gasteiger charge is 2.16. The van der Waals surface area contributed by atoms with Gasteiger partial charge in [0.05, 0.1) is 6.10 Å². The molecule has 2 rings (SSSR count). The maximum absolute atomic E-state index is 12.0. The lowest BCUT2D eigenvalue weighted by molar-refractivity contribution is -0.120. The predicted octanol–water partition coefficient (Wildman–Crippen LogP) is 1.61. The predicted molar refractivity (Wildman–Crippen MR) is 82.6 cm³/mol. The summed E-state index contributed by atoms with van der Waals surface area (Å²) in [6.07, 6.45) is -1.12. The fourth-order valence-corrected chi connectivity index (χ4v) is 2.30. The molecule has 2 aromatic rings. The van der Waals surface area contributed by atoms with E-state index in [1.165, 1.54) is 30.3 Å². The fourth-order valence-electron chi connectivity index (χ4n) is 2.30. The lowest BCUT2D eigenvalue weighted by Gasteiger charge is -2.12. The number of hydrogen-bond donors (Lipinski definition) is 5. The molecule has 0 amide bonds. The van der Waals surface area contributed by atoms with E-state index >= 15 is 0 Å². The molecule has 2 aromatic carbocycles. The van der Waals surface area contributed by atoms with E-state index in [0.717, 1.165) is 6.07 Å². The first kappa shape index (κ1) is 16.6. The molecular formula is C17H18O6. The Morgan fingerprint density at radius 3 is 1.91 bits per heavy atom. The van der Waals surface area contributed by atoms with E-state index in [1.807, 2.05) is 0 Å². The number of hydrogen-bond acceptors (Lipinski definition) is 6. The normalized spacial score (nSPS) is 12.0. The summed E-state index contributed by atoms with van der Waals surface area (Å²) < 4.78 is 0. The Bertz CT molecular complexity index is 710. The van der Waals surface area contributed by atoms with Crippen molar-refractivity contribution in [1.29, 1.82) is 0 Å². The van der Waals surface area contributed by atoms with Gasteiger partial charge >= 0.3 is 0 Å². The first-order valence-electron chi connectivity index (χ1n) is 7.06. The summed E-state index contributed by atoms with van der Waals surface area (Å²) in [5.74, 6) is -0.783. The molecule has 1 atom stereocenters. The van der Waals surface area contributed by atoms with Gasteiger partial charge in [0.1, 0.15) is 28.8 Å². The number of phenolic OH excluding ortho intramolecular Hbond substituents is 4. The van der Waals surface area contributed by atoms with Crippen LogP contribution in [-0.2, 0) is 17.6 Å². The van der Waals surface area contributed by atoms with Crippen LogP contribution < -0.4 is 0 Å². The third-order valence-electron chi connectivity index (χ3n) is 3.44. The van der Waals surface area contributed by atoms with Crippen molar-refractivity contribution in [2.24, 2.45) is 0 Å². The maximum atomic E-state index is 12.0. The molecule has 1 unspecified atom stereocenters. The maximum Gasteiger partial charge on any atom is 0.139 e. The summed E-state index contributed by atoms with van der Waals surface area (Å²) in [7, 11) is 0. The minimum atomic E-state index is -0.989. The van der Waals surface area contributed by atoms with Crippen LogP contribution in [0.25, 0.3) is 0 Å². The van der Waals surface area contributed by atoms with E-state index in [9.17, 15) is 30.3 Å². The number of aromatic hydroxyl groups is 4. The Balaban J connectivity index is 1.94. The molecule has 122 valence electrons. The van der Waals surface area contributed by atoms with E-state index in [2.05, 4.69) is 0 Å². The van der Waals surface area contributed by atoms with Gasteiger partial charge in [-0.2, -0.15) is 0 Å². The molecule has 0 aromatic heterocycles. The first-order valence-corrected chi connectivity index (χ1v) is 7.06. The van der Waals surface area contributed by atoms with Crippen molar-refractivity contribution < 1.29 is 30.3 Å². The highest BCUT2D eigenvalue weighted by Crippen LogP contribution is 2.25. The van der Waals surface area contributed by atoms with Crippen LogP contribution in [0.1, 0.15) is 17.5 Å². The highest BCUT2D eigenvalue weighted by atomic mass is 16.3. The second-order valence-electron chi connectivity index (χ2n) is 5.40. The van der Waals surface area contributed by atoms with Gasteiger partial charge in [0.25, 0.3) is 0 Å². The Morgan fingerprint density at radius 1 is 0.870 bits per heavy atom. The van der Waals surface area contributed by atoms with E-state index in [4.69, 9.17) is 0 Å². The van der Waals surface area contributed by atoms with Crippen LogP contribution in [0.4, 0.5) is 0 Å². The quantitative estimate of drug-likeness (QED) is 0.552. The van der Waals surface area contributed by atoms with Crippen LogP contribution >= 0.6 is 0 Å². The van der Waals surface area contributed by atoms with Gasteiger partial charge in [-0.05, 0) is 17.7 Å². The topological polar surface area (TPSA) is 118 Å². The van der Waals surface area contributed by atoms with Gasteiger partial charge < -0.3 is 25.5 Å². The fraction of sp³-hybridized carbons (Fsp3) is 0.235. The smallest absolute Gasteiger partial charge is 0.139 e. The minimum absolute atomic E-state index is 0.0647. The number of ketones is 1. The molecule has 0 heterocycles. The third kappa shape index (κ3) is 4.62. The summed E-state index contributed by atoms with van der Waals surface area (Å²) in [5, 5.41) is 47.7. The zero-order valence-electron chi connectivity index (χ0n) is 12.3. The van der Waals surface area contributed by atoms with Crippen molar-refractivity contribution >= 4 is 5.78 Å². The number of carbonyl (C=O) groups excluding carboxylic acids is 1. The van der Waals surface area contributed by atoms with Crippen LogP contribution in [0.15, 0.2) is 36.4 Å². The van der Waals surface area contributed by atoms with Crippen molar-refractivity contribution in [1.82, 2.24) is 0 Å². The van der Waals surface area contributed by atoms with Crippen molar-refractivity contribution in [3.05, 3.63) is 47.5 Å². The number of aliphatic hydroxyl groups excluding tert-OH is 1. The monoisotopic (exact) mass is 318 g/mol. The van der Waals surface area contributed by atoms with Crippen molar-refractivity contribution in [3.8, 4) is 23.0 Å². The number of rotatable bonds is 6. The molecule has 6 nitrogen and oxygen atoms in total. The van der Waals surface area contributed by atoms with Crippen molar-refractivity contribution in [3.63, 3.8) is 0 Å². The average Bonchev–Trinajstić information content (AvgIpc) is 2.45. The van der Waals surface area contributed by atoms with E-state index in [1.54, 1.807) is 0 Å². The van der Waals surface area contributed by atoms with Gasteiger partial charge in [-0.25, -0.2) is 0 Å². The zero-order valence-corrected chi connectivity index (χ0v) is 12.3. The van der Waals surface area contributed by atoms with Crippen LogP contribution in [-0.4, -0.2) is 37.4 Å².